The van der Waals surface area contributed by atoms with Crippen LogP contribution in [0.15, 0.2) is 42.7 Å². The van der Waals surface area contributed by atoms with Gasteiger partial charge in [0.15, 0.2) is 0 Å². The number of nitrogen functional groups attached to an aromatic ring is 1. The molecule has 2 N–H and O–H groups in total. The minimum atomic E-state index is -0.0140. The van der Waals surface area contributed by atoms with E-state index in [9.17, 15) is 9.59 Å². The molecule has 1 saturated carbocycles. The molecule has 0 unspecified atom stereocenters. The third-order valence-electron chi connectivity index (χ3n) is 6.69. The molecular formula is C26H34N4O3. The van der Waals surface area contributed by atoms with E-state index >= 15 is 0 Å². The van der Waals surface area contributed by atoms with Gasteiger partial charge in [0.25, 0.3) is 5.91 Å². The standard InChI is InChI=1S/C26H34N4O3/c27-23-15-21(18-28-19-23)16-25(31)29-10-12-30(13-11-29)26(32)22-7-4-8-24(17-22)33-14-9-20-5-2-1-3-6-20/h4,7-8,15,17-20H,1-3,5-6,9-14,16,27H2. The van der Waals surface area contributed by atoms with E-state index in [2.05, 4.69) is 4.98 Å². The number of pyridine rings is 1. The number of hydrogen-bond donors (Lipinski definition) is 1. The monoisotopic (exact) mass is 450 g/mol. The third-order valence-corrected chi connectivity index (χ3v) is 6.69. The lowest BCUT2D eigenvalue weighted by atomic mass is 9.87. The lowest BCUT2D eigenvalue weighted by Crippen LogP contribution is -2.51. The molecule has 33 heavy (non-hydrogen) atoms. The molecule has 1 aromatic heterocycles. The lowest BCUT2D eigenvalue weighted by molar-refractivity contribution is -0.131. The largest absolute Gasteiger partial charge is 0.494 e. The van der Waals surface area contributed by atoms with Crippen LogP contribution in [-0.2, 0) is 11.2 Å². The fourth-order valence-corrected chi connectivity index (χ4v) is 4.77. The highest BCUT2D eigenvalue weighted by molar-refractivity contribution is 5.94. The minimum Gasteiger partial charge on any atom is -0.494 e. The van der Waals surface area contributed by atoms with Gasteiger partial charge in [-0.25, -0.2) is 0 Å². The minimum absolute atomic E-state index is 0.0140. The highest BCUT2D eigenvalue weighted by atomic mass is 16.5. The van der Waals surface area contributed by atoms with Crippen LogP contribution in [-0.4, -0.2) is 59.4 Å². The molecule has 1 aromatic carbocycles. The number of ether oxygens (including phenoxy) is 1. The van der Waals surface area contributed by atoms with Crippen LogP contribution in [0.5, 0.6) is 5.75 Å². The van der Waals surface area contributed by atoms with E-state index in [-0.39, 0.29) is 18.2 Å². The van der Waals surface area contributed by atoms with Gasteiger partial charge in [0.1, 0.15) is 5.75 Å². The van der Waals surface area contributed by atoms with Gasteiger partial charge < -0.3 is 20.3 Å². The van der Waals surface area contributed by atoms with E-state index in [1.54, 1.807) is 23.4 Å². The molecular weight excluding hydrogens is 416 g/mol. The summed E-state index contributed by atoms with van der Waals surface area (Å²) in [5, 5.41) is 0. The Bertz CT molecular complexity index is 950. The molecule has 2 aliphatic rings. The van der Waals surface area contributed by atoms with Crippen LogP contribution in [0, 0.1) is 5.92 Å². The summed E-state index contributed by atoms with van der Waals surface area (Å²) in [6.45, 7) is 2.79. The number of hydrogen-bond acceptors (Lipinski definition) is 5. The summed E-state index contributed by atoms with van der Waals surface area (Å²) in [6, 6.07) is 9.24. The average Bonchev–Trinajstić information content (AvgIpc) is 2.84. The number of rotatable bonds is 7. The number of benzene rings is 1. The predicted molar refractivity (Wildman–Crippen MR) is 128 cm³/mol. The van der Waals surface area contributed by atoms with Crippen molar-refractivity contribution in [1.82, 2.24) is 14.8 Å². The van der Waals surface area contributed by atoms with Gasteiger partial charge in [-0.2, -0.15) is 0 Å². The highest BCUT2D eigenvalue weighted by Crippen LogP contribution is 2.26. The smallest absolute Gasteiger partial charge is 0.254 e. The number of aromatic nitrogens is 1. The zero-order chi connectivity index (χ0) is 23.0. The van der Waals surface area contributed by atoms with Gasteiger partial charge in [0.2, 0.25) is 5.91 Å². The van der Waals surface area contributed by atoms with Gasteiger partial charge in [-0.1, -0.05) is 38.2 Å². The van der Waals surface area contributed by atoms with Crippen molar-refractivity contribution in [1.29, 1.82) is 0 Å². The molecule has 2 heterocycles. The van der Waals surface area contributed by atoms with Crippen LogP contribution in [0.4, 0.5) is 5.69 Å². The highest BCUT2D eigenvalue weighted by Gasteiger charge is 2.25. The molecule has 1 aliphatic heterocycles. The number of anilines is 1. The molecule has 2 aromatic rings. The van der Waals surface area contributed by atoms with Crippen LogP contribution in [0.2, 0.25) is 0 Å². The van der Waals surface area contributed by atoms with Crippen LogP contribution in [0.25, 0.3) is 0 Å². The van der Waals surface area contributed by atoms with E-state index in [1.165, 1.54) is 32.1 Å². The van der Waals surface area contributed by atoms with Crippen molar-refractivity contribution >= 4 is 17.5 Å². The molecule has 0 bridgehead atoms. The average molecular weight is 451 g/mol. The van der Waals surface area contributed by atoms with Crippen LogP contribution >= 0.6 is 0 Å². The molecule has 0 radical (unpaired) electrons. The fourth-order valence-electron chi connectivity index (χ4n) is 4.77. The first-order valence-electron chi connectivity index (χ1n) is 12.1. The molecule has 7 nitrogen and oxygen atoms in total. The predicted octanol–water partition coefficient (Wildman–Crippen LogP) is 3.54. The molecule has 176 valence electrons. The van der Waals surface area contributed by atoms with E-state index in [0.29, 0.717) is 44.0 Å². The van der Waals surface area contributed by atoms with Crippen molar-refractivity contribution < 1.29 is 14.3 Å². The van der Waals surface area contributed by atoms with Gasteiger partial charge in [-0.3, -0.25) is 14.6 Å². The molecule has 2 fully saturated rings. The fraction of sp³-hybridized carbons (Fsp3) is 0.500. The molecule has 2 amide bonds. The summed E-state index contributed by atoms with van der Waals surface area (Å²) in [5.41, 5.74) is 7.74. The summed E-state index contributed by atoms with van der Waals surface area (Å²) in [5.74, 6) is 1.54. The molecule has 0 spiro atoms. The second-order valence-electron chi connectivity index (χ2n) is 9.15. The third kappa shape index (κ3) is 6.46. The molecule has 1 aliphatic carbocycles. The van der Waals surface area contributed by atoms with Crippen LogP contribution in [0.1, 0.15) is 54.4 Å². The molecule has 7 heteroatoms. The Morgan fingerprint density at radius 1 is 1.00 bits per heavy atom. The SMILES string of the molecule is Nc1cncc(CC(=O)N2CCN(C(=O)c3cccc(OCCC4CCCCC4)c3)CC2)c1. The topological polar surface area (TPSA) is 88.8 Å². The normalized spacial score (nSPS) is 17.1. The van der Waals surface area contributed by atoms with Crippen molar-refractivity contribution in [2.45, 2.75) is 44.9 Å². The maximum atomic E-state index is 13.0. The second-order valence-corrected chi connectivity index (χ2v) is 9.15. The van der Waals surface area contributed by atoms with Gasteiger partial charge >= 0.3 is 0 Å². The zero-order valence-corrected chi connectivity index (χ0v) is 19.2. The number of piperazine rings is 1. The maximum absolute atomic E-state index is 13.0. The number of nitrogens with zero attached hydrogens (tertiary/aromatic N) is 3. The van der Waals surface area contributed by atoms with Crippen LogP contribution in [0.3, 0.4) is 0 Å². The van der Waals surface area contributed by atoms with Gasteiger partial charge in [-0.15, -0.1) is 0 Å². The number of nitrogens with two attached hydrogens (primary N) is 1. The van der Waals surface area contributed by atoms with Crippen molar-refractivity contribution in [2.24, 2.45) is 5.92 Å². The second kappa shape index (κ2) is 11.2. The zero-order valence-electron chi connectivity index (χ0n) is 19.2. The van der Waals surface area contributed by atoms with Gasteiger partial charge in [0, 0.05) is 44.1 Å². The van der Waals surface area contributed by atoms with Crippen molar-refractivity contribution in [3.05, 3.63) is 53.9 Å². The Labute approximate surface area is 195 Å². The maximum Gasteiger partial charge on any atom is 0.254 e. The molecule has 1 saturated heterocycles. The molecule has 4 rings (SSSR count). The summed E-state index contributed by atoms with van der Waals surface area (Å²) in [7, 11) is 0. The Morgan fingerprint density at radius 3 is 2.52 bits per heavy atom. The summed E-state index contributed by atoms with van der Waals surface area (Å²) in [6.07, 6.45) is 11.2. The van der Waals surface area contributed by atoms with Gasteiger partial charge in [-0.05, 0) is 42.2 Å². The number of carbonyl (C=O) groups is 2. The van der Waals surface area contributed by atoms with E-state index in [1.807, 2.05) is 29.2 Å². The lowest BCUT2D eigenvalue weighted by Gasteiger charge is -2.35. The van der Waals surface area contributed by atoms with Crippen molar-refractivity contribution in [2.75, 3.05) is 38.5 Å². The van der Waals surface area contributed by atoms with E-state index in [4.69, 9.17) is 10.5 Å². The van der Waals surface area contributed by atoms with Gasteiger partial charge in [0.05, 0.1) is 18.7 Å². The summed E-state index contributed by atoms with van der Waals surface area (Å²) in [4.78, 5) is 33.3. The number of carbonyl (C=O) groups excluding carboxylic acids is 2. The summed E-state index contributed by atoms with van der Waals surface area (Å²) < 4.78 is 5.96. The van der Waals surface area contributed by atoms with E-state index in [0.717, 1.165) is 23.7 Å². The Kier molecular flexibility index (Phi) is 7.81. The Morgan fingerprint density at radius 2 is 1.76 bits per heavy atom. The molecule has 0 atom stereocenters. The van der Waals surface area contributed by atoms with Crippen molar-refractivity contribution in [3.8, 4) is 5.75 Å². The Hall–Kier alpha value is -3.09. The summed E-state index contributed by atoms with van der Waals surface area (Å²) >= 11 is 0. The Balaban J connectivity index is 1.25. The van der Waals surface area contributed by atoms with E-state index < -0.39 is 0 Å². The number of amides is 2. The van der Waals surface area contributed by atoms with Crippen molar-refractivity contribution in [3.63, 3.8) is 0 Å². The van der Waals surface area contributed by atoms with Crippen LogP contribution < -0.4 is 10.5 Å². The first kappa shape index (κ1) is 23.1. The first-order valence-corrected chi connectivity index (χ1v) is 12.1. The first-order chi connectivity index (χ1) is 16.1. The quantitative estimate of drug-likeness (QED) is 0.697.